The van der Waals surface area contributed by atoms with Gasteiger partial charge in [0, 0.05) is 34.7 Å². The Morgan fingerprint density at radius 1 is 0.760 bits per heavy atom. The summed E-state index contributed by atoms with van der Waals surface area (Å²) in [5.41, 5.74) is 3.44. The predicted octanol–water partition coefficient (Wildman–Crippen LogP) is 5.37. The molecule has 0 unspecified atom stereocenters. The van der Waals surface area contributed by atoms with Crippen molar-refractivity contribution in [2.45, 2.75) is 6.92 Å². The molecule has 0 fully saturated rings. The van der Waals surface area contributed by atoms with Gasteiger partial charge in [-0.15, -0.1) is 0 Å². The van der Waals surface area contributed by atoms with Crippen molar-refractivity contribution in [2.75, 3.05) is 0 Å². The van der Waals surface area contributed by atoms with Gasteiger partial charge in [-0.1, -0.05) is 36.4 Å². The second kappa shape index (κ2) is 6.10. The van der Waals surface area contributed by atoms with Crippen molar-refractivity contribution in [2.24, 2.45) is 0 Å². The third kappa shape index (κ3) is 2.78. The number of hydrogen-bond acceptors (Lipinski definition) is 0. The fourth-order valence-electron chi connectivity index (χ4n) is 3.30. The maximum absolute atomic E-state index is 13.8. The molecule has 0 bridgehead atoms. The summed E-state index contributed by atoms with van der Waals surface area (Å²) < 4.78 is 29.5. The number of hydrogen-bond donors (Lipinski definition) is 0. The lowest BCUT2D eigenvalue weighted by molar-refractivity contribution is -0.582. The third-order valence-electron chi connectivity index (χ3n) is 4.40. The van der Waals surface area contributed by atoms with Crippen molar-refractivity contribution in [1.29, 1.82) is 0 Å². The van der Waals surface area contributed by atoms with E-state index in [0.29, 0.717) is 5.69 Å². The lowest BCUT2D eigenvalue weighted by Gasteiger charge is -2.10. The molecule has 3 heteroatoms. The zero-order chi connectivity index (χ0) is 17.4. The zero-order valence-electron chi connectivity index (χ0n) is 13.7. The summed E-state index contributed by atoms with van der Waals surface area (Å²) in [6.45, 7) is 2.04. The van der Waals surface area contributed by atoms with Crippen LogP contribution in [0.5, 0.6) is 0 Å². The summed E-state index contributed by atoms with van der Waals surface area (Å²) in [6, 6.07) is 21.5. The molecule has 0 radical (unpaired) electrons. The van der Waals surface area contributed by atoms with Crippen LogP contribution in [0.3, 0.4) is 0 Å². The molecule has 0 atom stereocenters. The Balaban J connectivity index is 2.11. The average Bonchev–Trinajstić information content (AvgIpc) is 2.61. The van der Waals surface area contributed by atoms with E-state index < -0.39 is 11.6 Å². The standard InChI is InChI=1S/C22H16F2N/c1-15-21-10-6-5-9-17(21)14-25(20-12-18(23)11-19(24)13-20)22(15)16-7-3-2-4-8-16/h2-14H,1H3/q+1. The molecule has 0 saturated carbocycles. The lowest BCUT2D eigenvalue weighted by Crippen LogP contribution is -2.34. The topological polar surface area (TPSA) is 3.88 Å². The summed E-state index contributed by atoms with van der Waals surface area (Å²) in [7, 11) is 0. The fraction of sp³-hybridized carbons (Fsp3) is 0.0455. The minimum atomic E-state index is -0.590. The first-order chi connectivity index (χ1) is 12.1. The monoisotopic (exact) mass is 332 g/mol. The van der Waals surface area contributed by atoms with Gasteiger partial charge in [0.05, 0.1) is 0 Å². The van der Waals surface area contributed by atoms with Crippen LogP contribution in [0.2, 0.25) is 0 Å². The van der Waals surface area contributed by atoms with E-state index in [0.717, 1.165) is 33.7 Å². The van der Waals surface area contributed by atoms with E-state index in [9.17, 15) is 8.78 Å². The van der Waals surface area contributed by atoms with Crippen molar-refractivity contribution in [1.82, 2.24) is 0 Å². The maximum atomic E-state index is 13.8. The van der Waals surface area contributed by atoms with Gasteiger partial charge in [-0.3, -0.25) is 0 Å². The van der Waals surface area contributed by atoms with E-state index >= 15 is 0 Å². The first kappa shape index (κ1) is 15.5. The molecule has 4 rings (SSSR count). The summed E-state index contributed by atoms with van der Waals surface area (Å²) in [4.78, 5) is 0. The molecule has 1 aromatic heterocycles. The predicted molar refractivity (Wildman–Crippen MR) is 95.6 cm³/mol. The second-order valence-corrected chi connectivity index (χ2v) is 6.05. The second-order valence-electron chi connectivity index (χ2n) is 6.05. The van der Waals surface area contributed by atoms with Crippen molar-refractivity contribution in [3.05, 3.63) is 96.2 Å². The number of pyridine rings is 1. The molecule has 0 saturated heterocycles. The van der Waals surface area contributed by atoms with Gasteiger partial charge >= 0.3 is 0 Å². The van der Waals surface area contributed by atoms with Gasteiger partial charge in [0.25, 0.3) is 0 Å². The van der Waals surface area contributed by atoms with Crippen molar-refractivity contribution in [3.63, 3.8) is 0 Å². The van der Waals surface area contributed by atoms with E-state index in [1.807, 2.05) is 66.2 Å². The first-order valence-corrected chi connectivity index (χ1v) is 8.09. The summed E-state index contributed by atoms with van der Waals surface area (Å²) in [5.74, 6) is -1.18. The molecule has 0 aliphatic heterocycles. The number of rotatable bonds is 2. The quantitative estimate of drug-likeness (QED) is 0.435. The molecule has 0 aliphatic rings. The van der Waals surface area contributed by atoms with Crippen molar-refractivity contribution >= 4 is 10.8 Å². The average molecular weight is 332 g/mol. The van der Waals surface area contributed by atoms with Crippen LogP contribution in [0.1, 0.15) is 5.56 Å². The fourth-order valence-corrected chi connectivity index (χ4v) is 3.30. The van der Waals surface area contributed by atoms with Gasteiger partial charge in [-0.2, -0.15) is 4.57 Å². The van der Waals surface area contributed by atoms with Gasteiger partial charge in [-0.05, 0) is 30.5 Å². The Labute approximate surface area is 144 Å². The molecule has 0 spiro atoms. The number of nitrogens with zero attached hydrogens (tertiary/aromatic N) is 1. The van der Waals surface area contributed by atoms with Gasteiger partial charge in [0.1, 0.15) is 11.6 Å². The minimum absolute atomic E-state index is 0.463. The highest BCUT2D eigenvalue weighted by Gasteiger charge is 2.22. The highest BCUT2D eigenvalue weighted by atomic mass is 19.1. The molecule has 0 amide bonds. The molecule has 0 aliphatic carbocycles. The SMILES string of the molecule is Cc1c(-c2ccccc2)[n+](-c2cc(F)cc(F)c2)cc2ccccc12. The number of halogens is 2. The van der Waals surface area contributed by atoms with E-state index in [1.165, 1.54) is 12.1 Å². The Hall–Kier alpha value is -3.07. The maximum Gasteiger partial charge on any atom is 0.221 e. The summed E-state index contributed by atoms with van der Waals surface area (Å²) in [6.07, 6.45) is 1.93. The Kier molecular flexibility index (Phi) is 3.77. The normalized spacial score (nSPS) is 11.0. The Morgan fingerprint density at radius 2 is 1.40 bits per heavy atom. The molecule has 122 valence electrons. The van der Waals surface area contributed by atoms with Crippen LogP contribution in [0.25, 0.3) is 27.7 Å². The highest BCUT2D eigenvalue weighted by Crippen LogP contribution is 2.27. The molecule has 1 heterocycles. The van der Waals surface area contributed by atoms with Crippen LogP contribution < -0.4 is 4.57 Å². The van der Waals surface area contributed by atoms with Gasteiger partial charge < -0.3 is 0 Å². The highest BCUT2D eigenvalue weighted by molar-refractivity contribution is 5.88. The molecular formula is C22H16F2N+. The van der Waals surface area contributed by atoms with Crippen LogP contribution in [0.4, 0.5) is 8.78 Å². The Morgan fingerprint density at radius 3 is 2.12 bits per heavy atom. The van der Waals surface area contributed by atoms with Crippen LogP contribution in [-0.4, -0.2) is 0 Å². The van der Waals surface area contributed by atoms with E-state index in [2.05, 4.69) is 6.07 Å². The van der Waals surface area contributed by atoms with Gasteiger partial charge in [-0.25, -0.2) is 8.78 Å². The smallest absolute Gasteiger partial charge is 0.207 e. The summed E-state index contributed by atoms with van der Waals surface area (Å²) >= 11 is 0. The molecule has 1 nitrogen and oxygen atoms in total. The molecular weight excluding hydrogens is 316 g/mol. The van der Waals surface area contributed by atoms with E-state index in [1.54, 1.807) is 0 Å². The Bertz CT molecular complexity index is 1050. The molecule has 4 aromatic rings. The molecule has 3 aromatic carbocycles. The molecule has 25 heavy (non-hydrogen) atoms. The minimum Gasteiger partial charge on any atom is -0.207 e. The summed E-state index contributed by atoms with van der Waals surface area (Å²) in [5, 5.41) is 2.14. The number of aryl methyl sites for hydroxylation is 1. The van der Waals surface area contributed by atoms with Crippen LogP contribution in [0.15, 0.2) is 79.0 Å². The lowest BCUT2D eigenvalue weighted by atomic mass is 10.00. The largest absolute Gasteiger partial charge is 0.221 e. The van der Waals surface area contributed by atoms with Gasteiger partial charge in [0.15, 0.2) is 6.20 Å². The first-order valence-electron chi connectivity index (χ1n) is 8.09. The zero-order valence-corrected chi connectivity index (χ0v) is 13.7. The number of aromatic nitrogens is 1. The van der Waals surface area contributed by atoms with Crippen molar-refractivity contribution < 1.29 is 13.3 Å². The van der Waals surface area contributed by atoms with Crippen molar-refractivity contribution in [3.8, 4) is 16.9 Å². The van der Waals surface area contributed by atoms with Crippen LogP contribution >= 0.6 is 0 Å². The van der Waals surface area contributed by atoms with Crippen LogP contribution in [0, 0.1) is 18.6 Å². The molecule has 0 N–H and O–H groups in total. The number of benzene rings is 3. The number of fused-ring (bicyclic) bond motifs is 1. The van der Waals surface area contributed by atoms with Gasteiger partial charge in [0.2, 0.25) is 11.4 Å². The van der Waals surface area contributed by atoms with Crippen LogP contribution in [-0.2, 0) is 0 Å². The van der Waals surface area contributed by atoms with E-state index in [-0.39, 0.29) is 0 Å². The van der Waals surface area contributed by atoms with E-state index in [4.69, 9.17) is 0 Å². The third-order valence-corrected chi connectivity index (χ3v) is 4.40.